The van der Waals surface area contributed by atoms with Gasteiger partial charge in [-0.05, 0) is 60.9 Å². The van der Waals surface area contributed by atoms with Crippen molar-refractivity contribution < 1.29 is 4.39 Å². The Morgan fingerprint density at radius 1 is 1.12 bits per heavy atom. The number of hydrazine groups is 2. The van der Waals surface area contributed by atoms with Gasteiger partial charge < -0.3 is 16.1 Å². The molecular formula is C30H30BFN8. The number of anilines is 2. The number of pyridine rings is 1. The monoisotopic (exact) mass is 532 g/mol. The minimum atomic E-state index is -1.30. The number of halogens is 1. The van der Waals surface area contributed by atoms with Crippen molar-refractivity contribution in [2.75, 3.05) is 10.6 Å². The Hall–Kier alpha value is -4.28. The van der Waals surface area contributed by atoms with E-state index in [-0.39, 0.29) is 17.3 Å². The first kappa shape index (κ1) is 26.0. The molecule has 2 radical (unpaired) electrons. The Bertz CT molecular complexity index is 1580. The van der Waals surface area contributed by atoms with Crippen LogP contribution < -0.4 is 21.6 Å². The van der Waals surface area contributed by atoms with E-state index < -0.39 is 5.44 Å². The minimum Gasteiger partial charge on any atom is -0.380 e. The van der Waals surface area contributed by atoms with Crippen molar-refractivity contribution in [2.24, 2.45) is 5.41 Å². The minimum absolute atomic E-state index is 0.0618. The number of fused-ring (bicyclic) bond motifs is 1. The van der Waals surface area contributed by atoms with Crippen molar-refractivity contribution in [1.82, 2.24) is 21.0 Å². The van der Waals surface area contributed by atoms with Gasteiger partial charge in [0.05, 0.1) is 33.5 Å². The van der Waals surface area contributed by atoms with Crippen LogP contribution in [0.5, 0.6) is 0 Å². The van der Waals surface area contributed by atoms with E-state index in [4.69, 9.17) is 7.85 Å². The Balaban J connectivity index is 1.47. The third-order valence-electron chi connectivity index (χ3n) is 8.38. The van der Waals surface area contributed by atoms with Crippen LogP contribution in [0, 0.1) is 33.9 Å². The lowest BCUT2D eigenvalue weighted by Gasteiger charge is -2.34. The van der Waals surface area contributed by atoms with Crippen molar-refractivity contribution in [2.45, 2.75) is 63.5 Å². The van der Waals surface area contributed by atoms with Gasteiger partial charge in [-0.3, -0.25) is 9.99 Å². The largest absolute Gasteiger partial charge is 0.380 e. The molecule has 0 bridgehead atoms. The van der Waals surface area contributed by atoms with Gasteiger partial charge in [-0.2, -0.15) is 10.5 Å². The number of nitrogens with zero attached hydrogens (tertiary/aromatic N) is 4. The molecule has 2 aliphatic carbocycles. The van der Waals surface area contributed by atoms with Crippen molar-refractivity contribution in [3.8, 4) is 12.1 Å². The van der Waals surface area contributed by atoms with Gasteiger partial charge in [0, 0.05) is 35.6 Å². The van der Waals surface area contributed by atoms with Crippen LogP contribution in [0.25, 0.3) is 10.9 Å². The molecular weight excluding hydrogens is 502 g/mol. The summed E-state index contributed by atoms with van der Waals surface area (Å²) in [5.41, 5.74) is 8.86. The summed E-state index contributed by atoms with van der Waals surface area (Å²) in [5, 5.41) is 29.8. The number of nitrogens with one attached hydrogen (secondary N) is 4. The molecule has 3 aliphatic rings. The molecule has 8 nitrogen and oxygen atoms in total. The lowest BCUT2D eigenvalue weighted by atomic mass is 9.69. The lowest BCUT2D eigenvalue weighted by Crippen LogP contribution is -2.45. The van der Waals surface area contributed by atoms with Crippen LogP contribution in [0.4, 0.5) is 15.8 Å². The summed E-state index contributed by atoms with van der Waals surface area (Å²) < 4.78 is 13.9. The molecule has 3 aromatic rings. The fourth-order valence-electron chi connectivity index (χ4n) is 5.78. The van der Waals surface area contributed by atoms with E-state index in [9.17, 15) is 14.9 Å². The van der Waals surface area contributed by atoms with Gasteiger partial charge in [0.1, 0.15) is 25.8 Å². The number of hydrogen-bond donors (Lipinski definition) is 4. The number of rotatable bonds is 7. The van der Waals surface area contributed by atoms with Crippen LogP contribution in [0.2, 0.25) is 0 Å². The maximum atomic E-state index is 13.9. The molecule has 2 saturated carbocycles. The molecule has 40 heavy (non-hydrogen) atoms. The third-order valence-corrected chi connectivity index (χ3v) is 8.38. The first-order chi connectivity index (χ1) is 19.2. The van der Waals surface area contributed by atoms with Crippen LogP contribution in [0.1, 0.15) is 62.6 Å². The molecule has 2 atom stereocenters. The molecule has 4 N–H and O–H groups in total. The summed E-state index contributed by atoms with van der Waals surface area (Å²) in [4.78, 5) is 4.49. The highest BCUT2D eigenvalue weighted by Crippen LogP contribution is 2.42. The molecule has 0 saturated heterocycles. The SMILES string of the molecule is [B]C(Nc1cc(C#N)c2ncc(C#N)c(NC3CCCC3(C)C)c2c1)(C1=CN(C2CC2)NN1)c1ccc(F)cc1. The summed E-state index contributed by atoms with van der Waals surface area (Å²) in [6, 6.07) is 14.7. The molecule has 0 amide bonds. The van der Waals surface area contributed by atoms with Crippen LogP contribution >= 0.6 is 0 Å². The van der Waals surface area contributed by atoms with Crippen LogP contribution in [-0.4, -0.2) is 29.9 Å². The van der Waals surface area contributed by atoms with Gasteiger partial charge in [0.2, 0.25) is 0 Å². The first-order valence-corrected chi connectivity index (χ1v) is 13.6. The highest BCUT2D eigenvalue weighted by Gasteiger charge is 2.38. The zero-order valence-electron chi connectivity index (χ0n) is 22.6. The van der Waals surface area contributed by atoms with E-state index in [2.05, 4.69) is 52.6 Å². The average Bonchev–Trinajstić information content (AvgIpc) is 3.57. The van der Waals surface area contributed by atoms with Crippen LogP contribution in [0.3, 0.4) is 0 Å². The summed E-state index contributed by atoms with van der Waals surface area (Å²) in [7, 11) is 7.09. The maximum absolute atomic E-state index is 13.9. The number of hydrogen-bond acceptors (Lipinski definition) is 8. The maximum Gasteiger partial charge on any atom is 0.123 e. The van der Waals surface area contributed by atoms with E-state index in [1.165, 1.54) is 18.3 Å². The van der Waals surface area contributed by atoms with E-state index >= 15 is 0 Å². The van der Waals surface area contributed by atoms with Gasteiger partial charge >= 0.3 is 0 Å². The Labute approximate surface area is 234 Å². The molecule has 6 rings (SSSR count). The van der Waals surface area contributed by atoms with Crippen molar-refractivity contribution in [3.05, 3.63) is 77.0 Å². The second-order valence-electron chi connectivity index (χ2n) is 11.6. The fraction of sp³-hybridized carbons (Fsp3) is 0.367. The topological polar surface area (TPSA) is 112 Å². The number of aromatic nitrogens is 1. The molecule has 2 heterocycles. The average molecular weight is 532 g/mol. The predicted molar refractivity (Wildman–Crippen MR) is 153 cm³/mol. The van der Waals surface area contributed by atoms with Crippen LogP contribution in [0.15, 0.2) is 54.5 Å². The predicted octanol–water partition coefficient (Wildman–Crippen LogP) is 4.87. The fourth-order valence-corrected chi connectivity index (χ4v) is 5.78. The van der Waals surface area contributed by atoms with E-state index in [0.29, 0.717) is 50.7 Å². The van der Waals surface area contributed by atoms with Gasteiger partial charge in [-0.25, -0.2) is 4.39 Å². The van der Waals surface area contributed by atoms with Gasteiger partial charge in [0.25, 0.3) is 0 Å². The Kier molecular flexibility index (Phi) is 6.32. The van der Waals surface area contributed by atoms with E-state index in [1.54, 1.807) is 18.2 Å². The molecule has 10 heteroatoms. The van der Waals surface area contributed by atoms with Gasteiger partial charge in [0.15, 0.2) is 0 Å². The zero-order valence-corrected chi connectivity index (χ0v) is 22.6. The van der Waals surface area contributed by atoms with Crippen molar-refractivity contribution in [1.29, 1.82) is 10.5 Å². The summed E-state index contributed by atoms with van der Waals surface area (Å²) in [5.74, 6) is -0.365. The quantitative estimate of drug-likeness (QED) is 0.319. The molecule has 0 spiro atoms. The van der Waals surface area contributed by atoms with Crippen molar-refractivity contribution in [3.63, 3.8) is 0 Å². The Morgan fingerprint density at radius 3 is 2.52 bits per heavy atom. The molecule has 200 valence electrons. The van der Waals surface area contributed by atoms with Crippen LogP contribution in [-0.2, 0) is 5.44 Å². The molecule has 2 aromatic carbocycles. The number of benzene rings is 2. The van der Waals surface area contributed by atoms with Gasteiger partial charge in [-0.1, -0.05) is 32.4 Å². The molecule has 1 aliphatic heterocycles. The Morgan fingerprint density at radius 2 is 1.88 bits per heavy atom. The van der Waals surface area contributed by atoms with E-state index in [0.717, 1.165) is 32.1 Å². The molecule has 1 aromatic heterocycles. The first-order valence-electron chi connectivity index (χ1n) is 13.6. The highest BCUT2D eigenvalue weighted by atomic mass is 19.1. The second kappa shape index (κ2) is 9.73. The molecule has 2 fully saturated rings. The standard InChI is InChI=1S/C30H30BFN8/c1-29(2)11-3-4-25(29)36-28-19(15-34)16-35-27-18(14-33)12-22(13-24(27)28)37-30(31,20-5-7-21(32)8-6-20)26-17-40(39-38-26)23-9-10-23/h5-8,12-13,16-17,23,25,37-39H,3-4,9-11H2,1-2H3,(H,35,36). The zero-order chi connectivity index (χ0) is 28.1. The highest BCUT2D eigenvalue weighted by molar-refractivity contribution is 6.19. The smallest absolute Gasteiger partial charge is 0.123 e. The lowest BCUT2D eigenvalue weighted by molar-refractivity contribution is 0.260. The third kappa shape index (κ3) is 4.59. The van der Waals surface area contributed by atoms with Crippen molar-refractivity contribution >= 4 is 30.1 Å². The normalized spacial score (nSPS) is 21.2. The summed E-state index contributed by atoms with van der Waals surface area (Å²) >= 11 is 0. The number of nitriles is 2. The van der Waals surface area contributed by atoms with Gasteiger partial charge in [-0.15, -0.1) is 5.53 Å². The molecule has 2 unspecified atom stereocenters. The summed E-state index contributed by atoms with van der Waals surface area (Å²) in [6.45, 7) is 4.46. The van der Waals surface area contributed by atoms with E-state index in [1.807, 2.05) is 17.3 Å². The second-order valence-corrected chi connectivity index (χ2v) is 11.6. The summed E-state index contributed by atoms with van der Waals surface area (Å²) in [6.07, 6.45) is 8.80.